The van der Waals surface area contributed by atoms with Crippen LogP contribution in [0.1, 0.15) is 147 Å². The molecule has 4 aromatic carbocycles. The van der Waals surface area contributed by atoms with Crippen LogP contribution in [-0.4, -0.2) is 166 Å². The number of esters is 6. The first-order valence-electron chi connectivity index (χ1n) is 31.6. The van der Waals surface area contributed by atoms with Crippen LogP contribution in [0, 0.1) is 68.1 Å². The molecule has 2 aliphatic rings. The number of methoxy groups -OCH3 is 4. The minimum Gasteiger partial charge on any atom is -0.870 e. The van der Waals surface area contributed by atoms with Gasteiger partial charge in [0.15, 0.2) is 23.1 Å². The number of hydrogen-bond acceptors (Lipinski definition) is 26. The number of ketones is 4. The van der Waals surface area contributed by atoms with Crippen molar-refractivity contribution in [3.63, 3.8) is 0 Å². The summed E-state index contributed by atoms with van der Waals surface area (Å²) in [6, 6.07) is 25.7. The van der Waals surface area contributed by atoms with Crippen LogP contribution in [0.5, 0.6) is 11.5 Å². The second-order valence-electron chi connectivity index (χ2n) is 22.3. The van der Waals surface area contributed by atoms with Crippen LogP contribution in [0.25, 0.3) is 0 Å². The number of carboxylic acids is 2. The standard InChI is InChI=1S/C41H50O16.C18H18O4.C9H14O4.C2H6O.C2H5.CH4.3Na.H2O/c1-8-30(52-5)34(41(51)56-25-16-14-24(15-17-25)29(43)20-28(42)23-12-10-21(3)11-13-23)26(36(44)45)19-32(54-7)35(39(49)55-9-2)27(37(46)47)18-31(53-6)33-22(4)38(48)57-40(33)50;1-13-2-4-14(5-3-13)17(20)12-18(21)15-6-8-16(9-7-15)22-11-10-19;1-4-6(12-3)7-5(2)8(10)13-9(7)11;1-2-3;1-2;;;;;/h10-17,22,26-27,30-35H,8-9,18-20H2,1-7H3,(H,44,45)(H,46,47);2-9,19H,10-12H2,1H3;5-7H,4H2,1-3H3;3H,2H2,1H3;1H2,2H3;1H4;;;;1H2/q;;;;-1;;3*+1;/p-3. The molecule has 0 amide bonds. The number of aliphatic carboxylic acids is 2. The summed E-state index contributed by atoms with van der Waals surface area (Å²) in [5.41, 5.74) is 3.56. The number of cyclic esters (lactones) is 4. The molecule has 0 spiro atoms. The van der Waals surface area contributed by atoms with Crippen LogP contribution < -0.4 is 108 Å². The van der Waals surface area contributed by atoms with Gasteiger partial charge in [0.05, 0.1) is 86.0 Å². The number of hydrogen-bond donors (Lipinski definition) is 2. The molecular formula is C73H96Na3O26-. The zero-order valence-electron chi connectivity index (χ0n) is 60.7. The number of benzene rings is 4. The molecule has 26 nitrogen and oxygen atoms in total. The average molecular weight is 1460 g/mol. The Hall–Kier alpha value is -5.76. The van der Waals surface area contributed by atoms with E-state index in [-0.39, 0.29) is 182 Å². The van der Waals surface area contributed by atoms with Crippen molar-refractivity contribution in [1.29, 1.82) is 0 Å². The topological polar surface area (TPSA) is 404 Å². The predicted molar refractivity (Wildman–Crippen MR) is 354 cm³/mol. The Morgan fingerprint density at radius 2 is 0.843 bits per heavy atom. The molecule has 548 valence electrons. The summed E-state index contributed by atoms with van der Waals surface area (Å²) < 4.78 is 46.8. The number of carboxylic acid groups (broad SMARTS) is 2. The van der Waals surface area contributed by atoms with Crippen LogP contribution >= 0.6 is 0 Å². The van der Waals surface area contributed by atoms with Crippen LogP contribution in [0.3, 0.4) is 0 Å². The Balaban J connectivity index is -0.000000870. The maximum Gasteiger partial charge on any atom is 1.00 e. The van der Waals surface area contributed by atoms with Crippen LogP contribution in [0.15, 0.2) is 97.1 Å². The Bertz CT molecular complexity index is 3230. The molecule has 0 saturated carbocycles. The molecule has 12 atom stereocenters. The summed E-state index contributed by atoms with van der Waals surface area (Å²) in [6.07, 6.45) is -5.23. The number of carbonyl (C=O) groups excluding carboxylic acids is 12. The van der Waals surface area contributed by atoms with Crippen LogP contribution in [0.2, 0.25) is 0 Å². The maximum atomic E-state index is 13.9. The Labute approximate surface area is 663 Å². The van der Waals surface area contributed by atoms with Gasteiger partial charge in [-0.15, -0.1) is 0 Å². The SMILES string of the molecule is C.CCC(OC)C1C(=O)OC(=O)C1C.CCO.CCOC(=O)C(C(CC(C(=O)[O-])C(C(=O)Oc1ccc(C(=O)CC(=O)c2ccc(C)cc2)cc1)C(CC)OC)OC)C(CC(OC)C1C(=O)OC(=O)C1C)C(=O)[O-].Cc1ccc(C(=O)CC(=O)c2ccc(OCCO)cc2)cc1.[CH2-]C.[Na+].[Na+].[Na+].[OH-]. The smallest absolute Gasteiger partial charge is 0.870 e. The Morgan fingerprint density at radius 3 is 1.15 bits per heavy atom. The van der Waals surface area contributed by atoms with Crippen molar-refractivity contribution >= 4 is 70.9 Å². The van der Waals surface area contributed by atoms with E-state index in [2.05, 4.69) is 11.7 Å². The predicted octanol–water partition coefficient (Wildman–Crippen LogP) is -2.67. The minimum absolute atomic E-state index is 0. The zero-order chi connectivity index (χ0) is 73.2. The molecular weight excluding hydrogens is 1360 g/mol. The fourth-order valence-corrected chi connectivity index (χ4v) is 10.7. The maximum absolute atomic E-state index is 13.9. The van der Waals surface area contributed by atoms with Crippen molar-refractivity contribution < 1.29 is 215 Å². The van der Waals surface area contributed by atoms with Gasteiger partial charge in [-0.25, -0.2) is 0 Å². The molecule has 0 radical (unpaired) electrons. The fourth-order valence-electron chi connectivity index (χ4n) is 10.7. The third kappa shape index (κ3) is 31.5. The van der Waals surface area contributed by atoms with E-state index in [1.807, 2.05) is 32.9 Å². The summed E-state index contributed by atoms with van der Waals surface area (Å²) >= 11 is 0. The van der Waals surface area contributed by atoms with E-state index in [4.69, 9.17) is 48.1 Å². The van der Waals surface area contributed by atoms with E-state index < -0.39 is 133 Å². The second kappa shape index (κ2) is 53.9. The summed E-state index contributed by atoms with van der Waals surface area (Å²) in [5, 5.41) is 41.9. The third-order valence-corrected chi connectivity index (χ3v) is 16.0. The normalized spacial score (nSPS) is 16.9. The van der Waals surface area contributed by atoms with Gasteiger partial charge in [-0.1, -0.05) is 94.8 Å². The van der Waals surface area contributed by atoms with Crippen molar-refractivity contribution in [2.75, 3.05) is 54.9 Å². The Morgan fingerprint density at radius 1 is 0.500 bits per heavy atom. The summed E-state index contributed by atoms with van der Waals surface area (Å²) in [7, 11) is 5.04. The molecule has 2 heterocycles. The van der Waals surface area contributed by atoms with E-state index in [0.717, 1.165) is 18.2 Å². The Kier molecular flexibility index (Phi) is 54.2. The van der Waals surface area contributed by atoms with Crippen molar-refractivity contribution in [2.24, 2.45) is 47.3 Å². The first-order valence-corrected chi connectivity index (χ1v) is 31.6. The van der Waals surface area contributed by atoms with Gasteiger partial charge in [0.1, 0.15) is 18.1 Å². The van der Waals surface area contributed by atoms with Gasteiger partial charge >= 0.3 is 124 Å². The van der Waals surface area contributed by atoms with Gasteiger partial charge in [-0.05, 0) is 102 Å². The van der Waals surface area contributed by atoms with Crippen molar-refractivity contribution in [3.05, 3.63) is 137 Å². The molecule has 2 fully saturated rings. The molecule has 0 aliphatic carbocycles. The average Bonchev–Trinajstić information content (AvgIpc) is 1.35. The third-order valence-electron chi connectivity index (χ3n) is 16.0. The molecule has 29 heteroatoms. The largest absolute Gasteiger partial charge is 1.00 e. The van der Waals surface area contributed by atoms with E-state index in [1.165, 1.54) is 59.4 Å². The number of aryl methyl sites for hydroxylation is 2. The molecule has 0 aromatic heterocycles. The van der Waals surface area contributed by atoms with Crippen LogP contribution in [0.4, 0.5) is 0 Å². The summed E-state index contributed by atoms with van der Waals surface area (Å²) in [6.45, 7) is 18.7. The number of rotatable bonds is 33. The molecule has 2 saturated heterocycles. The van der Waals surface area contributed by atoms with Gasteiger partial charge in [-0.3, -0.25) is 47.9 Å². The van der Waals surface area contributed by atoms with Gasteiger partial charge in [0.25, 0.3) is 0 Å². The zero-order valence-corrected chi connectivity index (χ0v) is 66.7. The molecule has 2 aliphatic heterocycles. The van der Waals surface area contributed by atoms with Gasteiger partial charge in [0.2, 0.25) is 0 Å². The van der Waals surface area contributed by atoms with E-state index in [1.54, 1.807) is 88.4 Å². The molecule has 4 aromatic rings. The number of Topliss-reactive ketones (excluding diaryl/α,β-unsaturated/α-hetero) is 4. The summed E-state index contributed by atoms with van der Waals surface area (Å²) in [4.78, 5) is 150. The number of aliphatic hydroxyl groups is 2. The van der Waals surface area contributed by atoms with Crippen LogP contribution in [-0.2, 0) is 71.5 Å². The molecule has 0 bridgehead atoms. The van der Waals surface area contributed by atoms with Gasteiger partial charge < -0.3 is 85.0 Å². The first kappa shape index (κ1) is 103. The first-order chi connectivity index (χ1) is 46.1. The molecule has 12 unspecified atom stereocenters. The molecule has 102 heavy (non-hydrogen) atoms. The van der Waals surface area contributed by atoms with E-state index in [0.29, 0.717) is 28.9 Å². The molecule has 6 rings (SSSR count). The van der Waals surface area contributed by atoms with Crippen molar-refractivity contribution in [3.8, 4) is 11.5 Å². The number of carbonyl (C=O) groups is 12. The minimum atomic E-state index is -1.83. The summed E-state index contributed by atoms with van der Waals surface area (Å²) in [5.74, 6) is -19.4. The van der Waals surface area contributed by atoms with Gasteiger partial charge in [0, 0.05) is 81.1 Å². The number of aliphatic hydroxyl groups excluding tert-OH is 2. The number of ether oxygens (including phenoxy) is 9. The fraction of sp³-hybridized carbons (Fsp3) is 0.493. The quantitative estimate of drug-likeness (QED) is 0.00934. The van der Waals surface area contributed by atoms with Crippen molar-refractivity contribution in [1.82, 2.24) is 0 Å². The van der Waals surface area contributed by atoms with E-state index >= 15 is 0 Å². The van der Waals surface area contributed by atoms with Gasteiger partial charge in [-0.2, -0.15) is 6.92 Å². The molecule has 3 N–H and O–H groups in total. The van der Waals surface area contributed by atoms with Crippen molar-refractivity contribution in [2.45, 2.75) is 133 Å². The van der Waals surface area contributed by atoms with E-state index in [9.17, 15) is 67.7 Å². The second-order valence-corrected chi connectivity index (χ2v) is 22.3. The monoisotopic (exact) mass is 1460 g/mol.